The van der Waals surface area contributed by atoms with Crippen LogP contribution in [0.3, 0.4) is 0 Å². The summed E-state index contributed by atoms with van der Waals surface area (Å²) in [5, 5.41) is 10.9. The highest BCUT2D eigenvalue weighted by Crippen LogP contribution is 2.33. The van der Waals surface area contributed by atoms with Gasteiger partial charge in [-0.25, -0.2) is 8.93 Å². The summed E-state index contributed by atoms with van der Waals surface area (Å²) in [7, 11) is -1.34. The SMILES string of the molecule is CCNS(=O)c1scc(N)c1O. The van der Waals surface area contributed by atoms with Crippen molar-refractivity contribution in [2.75, 3.05) is 12.3 Å². The Kier molecular flexibility index (Phi) is 3.07. The molecule has 68 valence electrons. The summed E-state index contributed by atoms with van der Waals surface area (Å²) in [5.41, 5.74) is 5.65. The van der Waals surface area contributed by atoms with Crippen LogP contribution in [0.1, 0.15) is 6.92 Å². The summed E-state index contributed by atoms with van der Waals surface area (Å²) >= 11 is 1.19. The van der Waals surface area contributed by atoms with Gasteiger partial charge in [0.05, 0.1) is 5.69 Å². The van der Waals surface area contributed by atoms with Crippen LogP contribution >= 0.6 is 11.3 Å². The van der Waals surface area contributed by atoms with Crippen LogP contribution in [-0.4, -0.2) is 15.9 Å². The van der Waals surface area contributed by atoms with Gasteiger partial charge < -0.3 is 10.8 Å². The number of thiophene rings is 1. The third-order valence-corrected chi connectivity index (χ3v) is 3.81. The second-order valence-corrected chi connectivity index (χ2v) is 4.47. The number of nitrogens with one attached hydrogen (secondary N) is 1. The Hall–Kier alpha value is -0.590. The summed E-state index contributed by atoms with van der Waals surface area (Å²) in [6, 6.07) is 0. The molecule has 0 radical (unpaired) electrons. The fourth-order valence-corrected chi connectivity index (χ4v) is 2.61. The first-order chi connectivity index (χ1) is 5.66. The predicted octanol–water partition coefficient (Wildman–Crippen LogP) is 0.668. The van der Waals surface area contributed by atoms with Gasteiger partial charge in [0.15, 0.2) is 9.96 Å². The van der Waals surface area contributed by atoms with Crippen LogP contribution in [0.15, 0.2) is 9.59 Å². The lowest BCUT2D eigenvalue weighted by molar-refractivity contribution is 0.468. The molecule has 1 unspecified atom stereocenters. The minimum Gasteiger partial charge on any atom is -0.504 e. The zero-order valence-corrected chi connectivity index (χ0v) is 8.17. The zero-order chi connectivity index (χ0) is 9.14. The van der Waals surface area contributed by atoms with Crippen molar-refractivity contribution >= 4 is 28.0 Å². The van der Waals surface area contributed by atoms with Crippen LogP contribution in [0.25, 0.3) is 0 Å². The fraction of sp³-hybridized carbons (Fsp3) is 0.333. The molecule has 6 heteroatoms. The lowest BCUT2D eigenvalue weighted by Crippen LogP contribution is -2.15. The van der Waals surface area contributed by atoms with Crippen LogP contribution in [0.5, 0.6) is 5.75 Å². The number of hydrogen-bond donors (Lipinski definition) is 3. The van der Waals surface area contributed by atoms with Gasteiger partial charge in [-0.15, -0.1) is 11.3 Å². The lowest BCUT2D eigenvalue weighted by atomic mass is 10.5. The summed E-state index contributed by atoms with van der Waals surface area (Å²) in [4.78, 5) is 0. The van der Waals surface area contributed by atoms with Crippen molar-refractivity contribution in [3.8, 4) is 5.75 Å². The van der Waals surface area contributed by atoms with Gasteiger partial charge >= 0.3 is 0 Å². The van der Waals surface area contributed by atoms with Crippen molar-refractivity contribution in [1.29, 1.82) is 0 Å². The predicted molar refractivity (Wildman–Crippen MR) is 50.5 cm³/mol. The number of nitrogens with two attached hydrogens (primary N) is 1. The number of nitrogen functional groups attached to an aromatic ring is 1. The first-order valence-electron chi connectivity index (χ1n) is 3.38. The molecule has 0 spiro atoms. The van der Waals surface area contributed by atoms with E-state index in [4.69, 9.17) is 5.73 Å². The molecule has 1 atom stereocenters. The molecule has 0 aliphatic rings. The van der Waals surface area contributed by atoms with E-state index in [0.717, 1.165) is 0 Å². The van der Waals surface area contributed by atoms with E-state index in [-0.39, 0.29) is 11.4 Å². The molecular formula is C6H10N2O2S2. The second-order valence-electron chi connectivity index (χ2n) is 2.09. The summed E-state index contributed by atoms with van der Waals surface area (Å²) in [6.07, 6.45) is 0. The fourth-order valence-electron chi connectivity index (χ4n) is 0.675. The summed E-state index contributed by atoms with van der Waals surface area (Å²) < 4.78 is 14.3. The molecule has 1 heterocycles. The van der Waals surface area contributed by atoms with Crippen molar-refractivity contribution < 1.29 is 9.32 Å². The largest absolute Gasteiger partial charge is 0.504 e. The van der Waals surface area contributed by atoms with Crippen LogP contribution in [0, 0.1) is 0 Å². The molecule has 1 aromatic rings. The Bertz CT molecular complexity index is 298. The second kappa shape index (κ2) is 3.88. The molecule has 0 saturated heterocycles. The number of aromatic hydroxyl groups is 1. The van der Waals surface area contributed by atoms with Gasteiger partial charge in [-0.05, 0) is 0 Å². The highest BCUT2D eigenvalue weighted by Gasteiger charge is 2.13. The van der Waals surface area contributed by atoms with Crippen molar-refractivity contribution in [3.63, 3.8) is 0 Å². The van der Waals surface area contributed by atoms with Crippen LogP contribution in [-0.2, 0) is 11.0 Å². The van der Waals surface area contributed by atoms with E-state index in [2.05, 4.69) is 4.72 Å². The van der Waals surface area contributed by atoms with Crippen LogP contribution < -0.4 is 10.5 Å². The molecule has 4 N–H and O–H groups in total. The van der Waals surface area contributed by atoms with E-state index < -0.39 is 11.0 Å². The molecule has 1 aromatic heterocycles. The van der Waals surface area contributed by atoms with Gasteiger partial charge in [-0.1, -0.05) is 6.92 Å². The number of rotatable bonds is 3. The number of hydrogen-bond acceptors (Lipinski definition) is 4. The van der Waals surface area contributed by atoms with E-state index in [9.17, 15) is 9.32 Å². The average Bonchev–Trinajstić information content (AvgIpc) is 2.34. The maximum atomic E-state index is 11.3. The van der Waals surface area contributed by atoms with E-state index in [1.807, 2.05) is 6.92 Å². The topological polar surface area (TPSA) is 75.4 Å². The first-order valence-corrected chi connectivity index (χ1v) is 5.41. The third kappa shape index (κ3) is 1.77. The van der Waals surface area contributed by atoms with Gasteiger partial charge in [-0.3, -0.25) is 0 Å². The maximum Gasteiger partial charge on any atom is 0.167 e. The molecule has 0 fully saturated rings. The Morgan fingerprint density at radius 1 is 1.83 bits per heavy atom. The van der Waals surface area contributed by atoms with Gasteiger partial charge in [-0.2, -0.15) is 0 Å². The molecule has 4 nitrogen and oxygen atoms in total. The quantitative estimate of drug-likeness (QED) is 0.680. The van der Waals surface area contributed by atoms with Gasteiger partial charge in [0.25, 0.3) is 0 Å². The third-order valence-electron chi connectivity index (χ3n) is 1.20. The minimum atomic E-state index is -1.34. The van der Waals surface area contributed by atoms with E-state index in [1.165, 1.54) is 11.3 Å². The highest BCUT2D eigenvalue weighted by atomic mass is 32.2. The standard InChI is InChI=1S/C6H10N2O2S2/c1-2-8-12(10)6-5(9)4(7)3-11-6/h3,8-9H,2,7H2,1H3. The Morgan fingerprint density at radius 3 is 2.92 bits per heavy atom. The van der Waals surface area contributed by atoms with Gasteiger partial charge in [0.2, 0.25) is 0 Å². The van der Waals surface area contributed by atoms with Crippen molar-refractivity contribution in [1.82, 2.24) is 4.72 Å². The average molecular weight is 206 g/mol. The monoisotopic (exact) mass is 206 g/mol. The molecule has 0 amide bonds. The number of anilines is 1. The van der Waals surface area contributed by atoms with E-state index in [1.54, 1.807) is 5.38 Å². The van der Waals surface area contributed by atoms with Crippen molar-refractivity contribution in [2.45, 2.75) is 11.1 Å². The maximum absolute atomic E-state index is 11.3. The summed E-state index contributed by atoms with van der Waals surface area (Å²) in [5.74, 6) is -0.0701. The molecule has 0 aliphatic carbocycles. The molecule has 0 saturated carbocycles. The van der Waals surface area contributed by atoms with Crippen molar-refractivity contribution in [3.05, 3.63) is 5.38 Å². The Balaban J connectivity index is 2.88. The zero-order valence-electron chi connectivity index (χ0n) is 6.53. The Morgan fingerprint density at radius 2 is 2.50 bits per heavy atom. The summed E-state index contributed by atoms with van der Waals surface area (Å²) in [6.45, 7) is 2.43. The molecular weight excluding hydrogens is 196 g/mol. The minimum absolute atomic E-state index is 0.0701. The van der Waals surface area contributed by atoms with E-state index >= 15 is 0 Å². The molecule has 0 aromatic carbocycles. The lowest BCUT2D eigenvalue weighted by Gasteiger charge is -1.98. The van der Waals surface area contributed by atoms with Gasteiger partial charge in [0.1, 0.15) is 11.0 Å². The van der Waals surface area contributed by atoms with Gasteiger partial charge in [0, 0.05) is 11.9 Å². The normalized spacial score (nSPS) is 13.1. The molecule has 0 bridgehead atoms. The smallest absolute Gasteiger partial charge is 0.167 e. The van der Waals surface area contributed by atoms with Crippen LogP contribution in [0.2, 0.25) is 0 Å². The highest BCUT2D eigenvalue weighted by molar-refractivity contribution is 7.85. The molecule has 1 rings (SSSR count). The van der Waals surface area contributed by atoms with Crippen LogP contribution in [0.4, 0.5) is 5.69 Å². The van der Waals surface area contributed by atoms with E-state index in [0.29, 0.717) is 10.8 Å². The Labute approximate surface area is 77.0 Å². The molecule has 12 heavy (non-hydrogen) atoms. The molecule has 0 aliphatic heterocycles. The first kappa shape index (κ1) is 9.50. The van der Waals surface area contributed by atoms with Crippen molar-refractivity contribution in [2.24, 2.45) is 0 Å².